The molecule has 6 heterocycles. The third-order valence-electron chi connectivity index (χ3n) is 8.51. The van der Waals surface area contributed by atoms with Gasteiger partial charge in [0.2, 0.25) is 5.91 Å². The highest BCUT2D eigenvalue weighted by Gasteiger charge is 2.40. The molecule has 10 nitrogen and oxygen atoms in total. The molecule has 0 bridgehead atoms. The SMILES string of the molecule is CC(=O)N1CCC(C#N)(c2cc(N3CCOC[C@H]3C)nc3c(-c4ccnn4C4CCCCO4)nccc23)CC1. The lowest BCUT2D eigenvalue weighted by Gasteiger charge is -2.39. The number of morpholine rings is 1. The summed E-state index contributed by atoms with van der Waals surface area (Å²) in [6.07, 6.45) is 7.66. The van der Waals surface area contributed by atoms with Crippen molar-refractivity contribution in [2.24, 2.45) is 0 Å². The molecule has 1 amide bonds. The number of ether oxygens (including phenoxy) is 2. The van der Waals surface area contributed by atoms with E-state index in [-0.39, 0.29) is 18.2 Å². The Morgan fingerprint density at radius 2 is 2.00 bits per heavy atom. The summed E-state index contributed by atoms with van der Waals surface area (Å²) < 4.78 is 13.7. The molecule has 1 unspecified atom stereocenters. The van der Waals surface area contributed by atoms with Crippen molar-refractivity contribution in [2.45, 2.75) is 63.6 Å². The van der Waals surface area contributed by atoms with Gasteiger partial charge in [0.25, 0.3) is 0 Å². The molecular formula is C29H35N7O3. The van der Waals surface area contributed by atoms with E-state index in [1.807, 2.05) is 21.7 Å². The number of hydrogen-bond acceptors (Lipinski definition) is 8. The molecule has 3 fully saturated rings. The molecule has 3 aliphatic heterocycles. The van der Waals surface area contributed by atoms with Gasteiger partial charge < -0.3 is 19.3 Å². The second kappa shape index (κ2) is 10.5. The Bertz CT molecular complexity index is 1400. The molecule has 0 N–H and O–H groups in total. The number of hydrogen-bond donors (Lipinski definition) is 0. The van der Waals surface area contributed by atoms with Gasteiger partial charge in [-0.15, -0.1) is 0 Å². The Labute approximate surface area is 228 Å². The van der Waals surface area contributed by atoms with Crippen molar-refractivity contribution in [3.05, 3.63) is 36.2 Å². The van der Waals surface area contributed by atoms with E-state index in [9.17, 15) is 10.1 Å². The van der Waals surface area contributed by atoms with Crippen molar-refractivity contribution in [1.29, 1.82) is 5.26 Å². The molecule has 3 saturated heterocycles. The molecule has 0 aliphatic carbocycles. The van der Waals surface area contributed by atoms with E-state index in [0.717, 1.165) is 66.1 Å². The number of amides is 1. The zero-order valence-electron chi connectivity index (χ0n) is 22.7. The molecule has 0 radical (unpaired) electrons. The van der Waals surface area contributed by atoms with Crippen molar-refractivity contribution in [1.82, 2.24) is 24.6 Å². The highest BCUT2D eigenvalue weighted by molar-refractivity contribution is 5.95. The zero-order chi connectivity index (χ0) is 27.0. The van der Waals surface area contributed by atoms with Crippen LogP contribution >= 0.6 is 0 Å². The quantitative estimate of drug-likeness (QED) is 0.502. The van der Waals surface area contributed by atoms with E-state index in [1.54, 1.807) is 19.3 Å². The summed E-state index contributed by atoms with van der Waals surface area (Å²) in [5.74, 6) is 0.875. The van der Waals surface area contributed by atoms with Crippen LogP contribution in [0, 0.1) is 11.3 Å². The summed E-state index contributed by atoms with van der Waals surface area (Å²) in [5.41, 5.74) is 2.57. The lowest BCUT2D eigenvalue weighted by Crippen LogP contribution is -2.45. The molecule has 2 atom stereocenters. The number of likely N-dealkylation sites (tertiary alicyclic amines) is 1. The van der Waals surface area contributed by atoms with Crippen LogP contribution in [-0.4, -0.2) is 76.1 Å². The number of nitriles is 1. The Morgan fingerprint density at radius 1 is 1.15 bits per heavy atom. The lowest BCUT2D eigenvalue weighted by molar-refractivity contribution is -0.130. The number of carbonyl (C=O) groups excluding carboxylic acids is 1. The van der Waals surface area contributed by atoms with Crippen LogP contribution in [0.15, 0.2) is 30.6 Å². The number of aromatic nitrogens is 4. The first-order valence-corrected chi connectivity index (χ1v) is 14.0. The number of fused-ring (bicyclic) bond motifs is 1. The number of carbonyl (C=O) groups is 1. The summed E-state index contributed by atoms with van der Waals surface area (Å²) in [5, 5.41) is 16.2. The van der Waals surface area contributed by atoms with Crippen LogP contribution in [-0.2, 0) is 19.7 Å². The third-order valence-corrected chi connectivity index (χ3v) is 8.51. The van der Waals surface area contributed by atoms with Crippen LogP contribution in [0.2, 0.25) is 0 Å². The molecular weight excluding hydrogens is 494 g/mol. The highest BCUT2D eigenvalue weighted by Crippen LogP contribution is 2.42. The van der Waals surface area contributed by atoms with Crippen LogP contribution < -0.4 is 4.90 Å². The normalized spacial score (nSPS) is 23.5. The maximum absolute atomic E-state index is 12.1. The van der Waals surface area contributed by atoms with E-state index < -0.39 is 5.41 Å². The summed E-state index contributed by atoms with van der Waals surface area (Å²) >= 11 is 0. The minimum atomic E-state index is -0.733. The van der Waals surface area contributed by atoms with Gasteiger partial charge in [-0.1, -0.05) is 0 Å². The second-order valence-corrected chi connectivity index (χ2v) is 10.9. The fourth-order valence-electron chi connectivity index (χ4n) is 6.23. The largest absolute Gasteiger partial charge is 0.377 e. The standard InChI is InChI=1S/C29H35N7O3/c1-20-18-38-16-14-35(20)25-17-23(29(19-30)8-12-34(13-9-29)21(2)37)22-6-10-31-28(27(22)33-25)24-7-11-32-36(24)26-5-3-4-15-39-26/h6-7,10-11,17,20,26H,3-5,8-9,12-16,18H2,1-2H3/t20-,26?/m1/s1. The first-order valence-electron chi connectivity index (χ1n) is 14.0. The summed E-state index contributed by atoms with van der Waals surface area (Å²) in [4.78, 5) is 26.2. The van der Waals surface area contributed by atoms with Gasteiger partial charge in [-0.2, -0.15) is 10.4 Å². The number of anilines is 1. The van der Waals surface area contributed by atoms with Crippen LogP contribution in [0.4, 0.5) is 5.82 Å². The Balaban J connectivity index is 1.53. The average molecular weight is 530 g/mol. The van der Waals surface area contributed by atoms with Gasteiger partial charge in [-0.25, -0.2) is 9.67 Å². The van der Waals surface area contributed by atoms with Gasteiger partial charge in [-0.05, 0) is 62.8 Å². The van der Waals surface area contributed by atoms with Gasteiger partial charge in [0.05, 0.1) is 36.4 Å². The van der Waals surface area contributed by atoms with E-state index in [4.69, 9.17) is 19.4 Å². The van der Waals surface area contributed by atoms with Crippen LogP contribution in [0.1, 0.15) is 57.7 Å². The first kappa shape index (κ1) is 25.7. The molecule has 0 aromatic carbocycles. The predicted octanol–water partition coefficient (Wildman–Crippen LogP) is 3.82. The Hall–Kier alpha value is -3.55. The molecule has 3 aliphatic rings. The number of rotatable bonds is 4. The fraction of sp³-hybridized carbons (Fsp3) is 0.552. The Morgan fingerprint density at radius 3 is 2.72 bits per heavy atom. The van der Waals surface area contributed by atoms with Crippen molar-refractivity contribution in [2.75, 3.05) is 44.4 Å². The van der Waals surface area contributed by atoms with Crippen molar-refractivity contribution in [3.8, 4) is 17.5 Å². The van der Waals surface area contributed by atoms with Crippen LogP contribution in [0.3, 0.4) is 0 Å². The zero-order valence-corrected chi connectivity index (χ0v) is 22.7. The minimum Gasteiger partial charge on any atom is -0.377 e. The number of nitrogens with zero attached hydrogens (tertiary/aromatic N) is 7. The molecule has 6 rings (SSSR count). The maximum Gasteiger partial charge on any atom is 0.219 e. The molecule has 3 aromatic rings. The van der Waals surface area contributed by atoms with Crippen molar-refractivity contribution in [3.63, 3.8) is 0 Å². The van der Waals surface area contributed by atoms with Gasteiger partial charge in [-0.3, -0.25) is 9.78 Å². The van der Waals surface area contributed by atoms with E-state index in [0.29, 0.717) is 39.1 Å². The number of piperidine rings is 1. The van der Waals surface area contributed by atoms with E-state index in [1.165, 1.54) is 0 Å². The minimum absolute atomic E-state index is 0.0497. The summed E-state index contributed by atoms with van der Waals surface area (Å²) in [7, 11) is 0. The van der Waals surface area contributed by atoms with E-state index in [2.05, 4.69) is 29.1 Å². The highest BCUT2D eigenvalue weighted by atomic mass is 16.5. The monoisotopic (exact) mass is 529 g/mol. The second-order valence-electron chi connectivity index (χ2n) is 10.9. The van der Waals surface area contributed by atoms with Crippen molar-refractivity contribution >= 4 is 22.6 Å². The summed E-state index contributed by atoms with van der Waals surface area (Å²) in [6, 6.07) is 8.87. The molecule has 0 spiro atoms. The smallest absolute Gasteiger partial charge is 0.219 e. The molecule has 39 heavy (non-hydrogen) atoms. The van der Waals surface area contributed by atoms with Crippen LogP contribution in [0.5, 0.6) is 0 Å². The van der Waals surface area contributed by atoms with Crippen molar-refractivity contribution < 1.29 is 14.3 Å². The lowest BCUT2D eigenvalue weighted by atomic mass is 9.72. The average Bonchev–Trinajstić information content (AvgIpc) is 3.47. The van der Waals surface area contributed by atoms with E-state index >= 15 is 0 Å². The Kier molecular flexibility index (Phi) is 6.95. The van der Waals surface area contributed by atoms with Gasteiger partial charge >= 0.3 is 0 Å². The van der Waals surface area contributed by atoms with Gasteiger partial charge in [0.1, 0.15) is 17.0 Å². The molecule has 204 valence electrons. The van der Waals surface area contributed by atoms with Gasteiger partial charge in [0, 0.05) is 50.9 Å². The predicted molar refractivity (Wildman–Crippen MR) is 146 cm³/mol. The first-order chi connectivity index (χ1) is 19.0. The topological polar surface area (TPSA) is 109 Å². The summed E-state index contributed by atoms with van der Waals surface area (Å²) in [6.45, 7) is 7.53. The molecule has 3 aromatic heterocycles. The third kappa shape index (κ3) is 4.64. The van der Waals surface area contributed by atoms with Crippen LogP contribution in [0.25, 0.3) is 22.3 Å². The fourth-order valence-corrected chi connectivity index (χ4v) is 6.23. The van der Waals surface area contributed by atoms with Gasteiger partial charge in [0.15, 0.2) is 6.23 Å². The maximum atomic E-state index is 12.1. The molecule has 10 heteroatoms. The molecule has 0 saturated carbocycles. The number of pyridine rings is 2.